The minimum Gasteiger partial charge on any atom is -0.406 e. The molecule has 154 valence electrons. The quantitative estimate of drug-likeness (QED) is 0.626. The van der Waals surface area contributed by atoms with Gasteiger partial charge in [-0.05, 0) is 42.3 Å². The molecule has 0 aliphatic heterocycles. The molecule has 2 N–H and O–H groups in total. The molecule has 0 spiro atoms. The molecule has 8 heteroatoms. The highest BCUT2D eigenvalue weighted by Crippen LogP contribution is 2.30. The molecule has 2 atom stereocenters. The van der Waals surface area contributed by atoms with Gasteiger partial charge in [0.2, 0.25) is 0 Å². The molecule has 0 saturated carbocycles. The molecule has 0 bridgehead atoms. The van der Waals surface area contributed by atoms with Crippen LogP contribution in [0.3, 0.4) is 0 Å². The van der Waals surface area contributed by atoms with E-state index in [1.165, 1.54) is 12.1 Å². The highest BCUT2D eigenvalue weighted by atomic mass is 32.1. The number of alkyl halides is 3. The standard InChI is InChI=1S/C19H19F3N2O2.CH4.H2S/c1-23-12-17(25)18(24-11-10-13-4-2-3-5-16(13)24)14-6-8-15(9-7-14)26-19(20,21)22;;/h2-11,17-18,23,25H,12H2,1H3;1H4;1H2/t17-,18+;;/m0../s1. The second-order valence-electron chi connectivity index (χ2n) is 5.97. The number of rotatable bonds is 6. The molecule has 1 aromatic heterocycles. The molecule has 0 radical (unpaired) electrons. The van der Waals surface area contributed by atoms with Gasteiger partial charge in [0.1, 0.15) is 5.75 Å². The van der Waals surface area contributed by atoms with Crippen molar-refractivity contribution in [2.24, 2.45) is 0 Å². The van der Waals surface area contributed by atoms with Crippen LogP contribution in [0.2, 0.25) is 0 Å². The van der Waals surface area contributed by atoms with E-state index in [4.69, 9.17) is 0 Å². The second-order valence-corrected chi connectivity index (χ2v) is 5.97. The van der Waals surface area contributed by atoms with E-state index in [2.05, 4.69) is 10.1 Å². The predicted octanol–water partition coefficient (Wildman–Crippen LogP) is 4.46. The third-order valence-electron chi connectivity index (χ3n) is 4.16. The summed E-state index contributed by atoms with van der Waals surface area (Å²) in [4.78, 5) is 0. The smallest absolute Gasteiger partial charge is 0.406 e. The highest BCUT2D eigenvalue weighted by molar-refractivity contribution is 7.59. The maximum absolute atomic E-state index is 12.4. The number of halogens is 3. The lowest BCUT2D eigenvalue weighted by Crippen LogP contribution is -2.33. The number of aromatic nitrogens is 1. The average Bonchev–Trinajstić information content (AvgIpc) is 3.00. The molecule has 0 fully saturated rings. The highest BCUT2D eigenvalue weighted by Gasteiger charge is 2.31. The van der Waals surface area contributed by atoms with Gasteiger partial charge >= 0.3 is 6.36 Å². The molecule has 28 heavy (non-hydrogen) atoms. The molecule has 0 amide bonds. The van der Waals surface area contributed by atoms with Crippen LogP contribution in [-0.4, -0.2) is 35.7 Å². The van der Waals surface area contributed by atoms with E-state index in [0.29, 0.717) is 12.1 Å². The normalized spacial score (nSPS) is 13.3. The van der Waals surface area contributed by atoms with E-state index >= 15 is 0 Å². The van der Waals surface area contributed by atoms with E-state index in [1.54, 1.807) is 19.2 Å². The van der Waals surface area contributed by atoms with Crippen molar-refractivity contribution in [3.05, 3.63) is 66.4 Å². The van der Waals surface area contributed by atoms with Gasteiger partial charge in [-0.2, -0.15) is 13.5 Å². The van der Waals surface area contributed by atoms with Crippen LogP contribution in [0.25, 0.3) is 10.9 Å². The fourth-order valence-corrected chi connectivity index (χ4v) is 3.10. The maximum Gasteiger partial charge on any atom is 0.573 e. The molecular formula is C20H25F3N2O2S. The summed E-state index contributed by atoms with van der Waals surface area (Å²) < 4.78 is 42.9. The summed E-state index contributed by atoms with van der Waals surface area (Å²) in [5.74, 6) is -0.291. The van der Waals surface area contributed by atoms with Gasteiger partial charge in [-0.25, -0.2) is 0 Å². The van der Waals surface area contributed by atoms with Gasteiger partial charge in [-0.15, -0.1) is 13.2 Å². The minimum absolute atomic E-state index is 0. The Morgan fingerprint density at radius 2 is 1.71 bits per heavy atom. The fourth-order valence-electron chi connectivity index (χ4n) is 3.10. The lowest BCUT2D eigenvalue weighted by molar-refractivity contribution is -0.274. The number of benzene rings is 2. The van der Waals surface area contributed by atoms with Crippen LogP contribution in [0, 0.1) is 0 Å². The predicted molar refractivity (Wildman–Crippen MR) is 110 cm³/mol. The van der Waals surface area contributed by atoms with Crippen molar-refractivity contribution >= 4 is 24.4 Å². The largest absolute Gasteiger partial charge is 0.573 e. The summed E-state index contributed by atoms with van der Waals surface area (Å²) in [7, 11) is 1.73. The number of hydrogen-bond donors (Lipinski definition) is 2. The van der Waals surface area contributed by atoms with Crippen LogP contribution in [0.4, 0.5) is 13.2 Å². The average molecular weight is 414 g/mol. The number of hydrogen-bond acceptors (Lipinski definition) is 3. The Labute approximate surface area is 169 Å². The van der Waals surface area contributed by atoms with E-state index in [-0.39, 0.29) is 26.7 Å². The Hall–Kier alpha value is -2.16. The number of ether oxygens (including phenoxy) is 1. The van der Waals surface area contributed by atoms with Gasteiger partial charge in [0, 0.05) is 18.3 Å². The van der Waals surface area contributed by atoms with Crippen LogP contribution in [0.15, 0.2) is 60.8 Å². The van der Waals surface area contributed by atoms with Crippen LogP contribution in [-0.2, 0) is 0 Å². The molecule has 1 heterocycles. The summed E-state index contributed by atoms with van der Waals surface area (Å²) in [6.07, 6.45) is -3.64. The lowest BCUT2D eigenvalue weighted by Gasteiger charge is -2.26. The number of fused-ring (bicyclic) bond motifs is 1. The zero-order chi connectivity index (χ0) is 18.7. The fraction of sp³-hybridized carbons (Fsp3) is 0.300. The molecular weight excluding hydrogens is 389 g/mol. The van der Waals surface area contributed by atoms with E-state index in [9.17, 15) is 18.3 Å². The lowest BCUT2D eigenvalue weighted by atomic mass is 10.0. The van der Waals surface area contributed by atoms with Crippen molar-refractivity contribution in [3.8, 4) is 5.75 Å². The summed E-state index contributed by atoms with van der Waals surface area (Å²) in [6.45, 7) is 0.331. The van der Waals surface area contributed by atoms with Gasteiger partial charge < -0.3 is 19.7 Å². The van der Waals surface area contributed by atoms with E-state index in [1.807, 2.05) is 41.1 Å². The number of nitrogens with zero attached hydrogens (tertiary/aromatic N) is 1. The molecule has 3 aromatic rings. The first kappa shape index (κ1) is 23.9. The van der Waals surface area contributed by atoms with Crippen molar-refractivity contribution in [1.82, 2.24) is 9.88 Å². The number of likely N-dealkylation sites (N-methyl/N-ethyl adjacent to an activating group) is 1. The zero-order valence-corrected chi connectivity index (χ0v) is 15.6. The molecule has 0 saturated heterocycles. The third kappa shape index (κ3) is 5.43. The summed E-state index contributed by atoms with van der Waals surface area (Å²) in [6, 6.07) is 14.8. The minimum atomic E-state index is -4.73. The van der Waals surface area contributed by atoms with Crippen LogP contribution in [0.1, 0.15) is 19.0 Å². The summed E-state index contributed by atoms with van der Waals surface area (Å²) in [5.41, 5.74) is 1.62. The summed E-state index contributed by atoms with van der Waals surface area (Å²) >= 11 is 0. The molecule has 4 nitrogen and oxygen atoms in total. The monoisotopic (exact) mass is 414 g/mol. The number of aliphatic hydroxyl groups excluding tert-OH is 1. The van der Waals surface area contributed by atoms with Gasteiger partial charge in [0.05, 0.1) is 12.1 Å². The summed E-state index contributed by atoms with van der Waals surface area (Å²) in [5, 5.41) is 14.6. The Kier molecular flexibility index (Phi) is 8.41. The maximum atomic E-state index is 12.4. The number of para-hydroxylation sites is 1. The van der Waals surface area contributed by atoms with Gasteiger partial charge in [0.15, 0.2) is 0 Å². The van der Waals surface area contributed by atoms with E-state index in [0.717, 1.165) is 10.9 Å². The molecule has 0 aliphatic carbocycles. The zero-order valence-electron chi connectivity index (χ0n) is 14.6. The van der Waals surface area contributed by atoms with Crippen LogP contribution >= 0.6 is 13.5 Å². The topological polar surface area (TPSA) is 46.4 Å². The van der Waals surface area contributed by atoms with Crippen LogP contribution < -0.4 is 10.1 Å². The first-order valence-corrected chi connectivity index (χ1v) is 8.13. The third-order valence-corrected chi connectivity index (χ3v) is 4.16. The van der Waals surface area contributed by atoms with Crippen molar-refractivity contribution in [1.29, 1.82) is 0 Å². The Balaban J connectivity index is 0.00000196. The van der Waals surface area contributed by atoms with E-state index < -0.39 is 18.5 Å². The molecule has 0 aliphatic rings. The molecule has 3 rings (SSSR count). The van der Waals surface area contributed by atoms with Crippen molar-refractivity contribution in [3.63, 3.8) is 0 Å². The van der Waals surface area contributed by atoms with Crippen molar-refractivity contribution in [2.75, 3.05) is 13.6 Å². The van der Waals surface area contributed by atoms with Gasteiger partial charge in [-0.3, -0.25) is 0 Å². The molecule has 0 unspecified atom stereocenters. The van der Waals surface area contributed by atoms with Crippen LogP contribution in [0.5, 0.6) is 5.75 Å². The SMILES string of the molecule is C.CNC[C@H](O)[C@@H](c1ccc(OC(F)(F)F)cc1)n1ccc2ccccc21.S. The van der Waals surface area contributed by atoms with Crippen molar-refractivity contribution in [2.45, 2.75) is 25.9 Å². The van der Waals surface area contributed by atoms with Gasteiger partial charge in [-0.1, -0.05) is 37.8 Å². The first-order chi connectivity index (χ1) is 12.4. The Bertz CT molecular complexity index is 866. The molecule has 2 aromatic carbocycles. The Morgan fingerprint density at radius 3 is 2.32 bits per heavy atom. The van der Waals surface area contributed by atoms with Gasteiger partial charge in [0.25, 0.3) is 0 Å². The first-order valence-electron chi connectivity index (χ1n) is 8.13. The number of aliphatic hydroxyl groups is 1. The number of nitrogens with one attached hydrogen (secondary N) is 1. The second kappa shape index (κ2) is 9.86. The van der Waals surface area contributed by atoms with Crippen molar-refractivity contribution < 1.29 is 23.0 Å². The Morgan fingerprint density at radius 1 is 1.07 bits per heavy atom.